The summed E-state index contributed by atoms with van der Waals surface area (Å²) in [6.45, 7) is 2.63. The van der Waals surface area contributed by atoms with Gasteiger partial charge in [0.15, 0.2) is 11.5 Å². The number of ether oxygens (including phenoxy) is 3. The third-order valence-corrected chi connectivity index (χ3v) is 13.3. The van der Waals surface area contributed by atoms with Crippen LogP contribution in [-0.2, 0) is 19.0 Å². The van der Waals surface area contributed by atoms with Gasteiger partial charge in [-0.25, -0.2) is 4.79 Å². The molecule has 1 aromatic rings. The van der Waals surface area contributed by atoms with E-state index in [1.807, 2.05) is 0 Å². The third kappa shape index (κ3) is 5.32. The van der Waals surface area contributed by atoms with Gasteiger partial charge >= 0.3 is 5.97 Å². The van der Waals surface area contributed by atoms with Crippen molar-refractivity contribution in [1.82, 2.24) is 4.90 Å². The highest BCUT2D eigenvalue weighted by atomic mass is 16.6. The molecule has 0 amide bonds. The Hall–Kier alpha value is -2.87. The molecule has 1 aromatic carbocycles. The number of rotatable bonds is 6. The predicted molar refractivity (Wildman–Crippen MR) is 178 cm³/mol. The number of carbonyl (C=O) groups is 1. The molecule has 2 saturated carbocycles. The second-order valence-electron chi connectivity index (χ2n) is 15.4. The third-order valence-electron chi connectivity index (χ3n) is 13.3. The van der Waals surface area contributed by atoms with E-state index in [1.54, 1.807) is 0 Å². The lowest BCUT2D eigenvalue weighted by molar-refractivity contribution is -0.133. The average Bonchev–Trinajstić information content (AvgIpc) is 3.88. The summed E-state index contributed by atoms with van der Waals surface area (Å²) in [5.74, 6) is 4.61. The Morgan fingerprint density at radius 3 is 2.60 bits per heavy atom. The molecule has 2 saturated heterocycles. The summed E-state index contributed by atoms with van der Waals surface area (Å²) in [5.41, 5.74) is 1.55. The van der Waals surface area contributed by atoms with Crippen LogP contribution in [0.3, 0.4) is 0 Å². The highest BCUT2D eigenvalue weighted by Crippen LogP contribution is 2.57. The van der Waals surface area contributed by atoms with E-state index in [9.17, 15) is 15.0 Å². The molecule has 47 heavy (non-hydrogen) atoms. The summed E-state index contributed by atoms with van der Waals surface area (Å²) in [4.78, 5) is 15.3. The molecule has 7 heteroatoms. The Morgan fingerprint density at radius 1 is 1.02 bits per heavy atom. The molecular formula is C40H51NO6. The second-order valence-corrected chi connectivity index (χ2v) is 15.4. The highest BCUT2D eigenvalue weighted by Gasteiger charge is 2.57. The molecular weight excluding hydrogens is 590 g/mol. The normalized spacial score (nSPS) is 39.5. The molecule has 3 aliphatic carbocycles. The lowest BCUT2D eigenvalue weighted by Gasteiger charge is -2.53. The van der Waals surface area contributed by atoms with Crippen LogP contribution >= 0.6 is 0 Å². The number of nitrogens with zero attached hydrogens (tertiary/aromatic N) is 1. The molecule has 7 aliphatic rings. The maximum Gasteiger partial charge on any atom is 0.345 e. The number of benzene rings is 1. The van der Waals surface area contributed by atoms with Gasteiger partial charge in [0, 0.05) is 36.4 Å². The molecule has 4 fully saturated rings. The number of carbonyl (C=O) groups excluding carboxylic acids is 1. The van der Waals surface area contributed by atoms with Crippen molar-refractivity contribution in [3.05, 3.63) is 82.7 Å². The summed E-state index contributed by atoms with van der Waals surface area (Å²) in [7, 11) is 1.50. The summed E-state index contributed by atoms with van der Waals surface area (Å²) in [5, 5.41) is 22.5. The minimum Gasteiger partial charge on any atom is -0.492 e. The van der Waals surface area contributed by atoms with E-state index in [0.717, 1.165) is 56.7 Å². The Morgan fingerprint density at radius 2 is 1.83 bits per heavy atom. The van der Waals surface area contributed by atoms with Crippen molar-refractivity contribution in [3.8, 4) is 0 Å². The lowest BCUT2D eigenvalue weighted by atomic mass is 9.66. The van der Waals surface area contributed by atoms with Crippen LogP contribution in [-0.4, -0.2) is 59.5 Å². The first-order chi connectivity index (χ1) is 23.0. The van der Waals surface area contributed by atoms with Crippen LogP contribution in [0.15, 0.2) is 77.2 Å². The van der Waals surface area contributed by atoms with Gasteiger partial charge in [-0.3, -0.25) is 4.90 Å². The van der Waals surface area contributed by atoms with Crippen LogP contribution in [0.5, 0.6) is 0 Å². The van der Waals surface area contributed by atoms with Crippen molar-refractivity contribution >= 4 is 5.97 Å². The Labute approximate surface area is 279 Å². The van der Waals surface area contributed by atoms with E-state index in [2.05, 4.69) is 60.4 Å². The van der Waals surface area contributed by atoms with Crippen LogP contribution in [0.4, 0.5) is 0 Å². The molecule has 2 N–H and O–H groups in total. The number of aliphatic hydroxyl groups is 2. The monoisotopic (exact) mass is 641 g/mol. The number of methoxy groups -OCH3 is 1. The SMILES string of the molecule is COC1=C(CO)C(=O)OC1=C1OC2=CCCN3C(CC4C(c5ccccc5)CCC4C3C(O)C3C=CCC(C4CCCC4)C3)C2C1C. The summed E-state index contributed by atoms with van der Waals surface area (Å²) >= 11 is 0. The number of fused-ring (bicyclic) bond motifs is 4. The zero-order valence-corrected chi connectivity index (χ0v) is 27.9. The Kier molecular flexibility index (Phi) is 8.60. The zero-order valence-electron chi connectivity index (χ0n) is 27.9. The molecule has 4 aliphatic heterocycles. The van der Waals surface area contributed by atoms with Gasteiger partial charge in [-0.15, -0.1) is 0 Å². The van der Waals surface area contributed by atoms with Crippen molar-refractivity contribution < 1.29 is 29.2 Å². The Bertz CT molecular complexity index is 1470. The fourth-order valence-electron chi connectivity index (χ4n) is 11.2. The number of hydrogen-bond donors (Lipinski definition) is 2. The number of aliphatic hydroxyl groups excluding tert-OH is 2. The lowest BCUT2D eigenvalue weighted by Crippen LogP contribution is -2.61. The molecule has 4 heterocycles. The first-order valence-corrected chi connectivity index (χ1v) is 18.4. The number of hydrogen-bond acceptors (Lipinski definition) is 7. The standard InChI is InChI=1S/C40H51NO6/c1-23-34-32-21-30-28(25-12-4-3-5-13-25)17-18-29(30)35(36(43)27-15-8-14-26(20-27)24-10-6-7-11-24)41(32)19-9-16-33(34)46-37(23)39-38(45-2)31(22-42)40(44)47-39/h3-5,8,12-13,15-16,23-24,26-30,32,34-36,42-43H,6-7,9-11,14,17-22H2,1-2H3. The molecule has 10 atom stereocenters. The molecule has 0 radical (unpaired) electrons. The van der Waals surface area contributed by atoms with Crippen molar-refractivity contribution in [1.29, 1.82) is 0 Å². The van der Waals surface area contributed by atoms with Gasteiger partial charge in [-0.2, -0.15) is 0 Å². The van der Waals surface area contributed by atoms with Gasteiger partial charge in [0.1, 0.15) is 11.3 Å². The predicted octanol–water partition coefficient (Wildman–Crippen LogP) is 6.60. The molecule has 252 valence electrons. The van der Waals surface area contributed by atoms with E-state index >= 15 is 0 Å². The van der Waals surface area contributed by atoms with Gasteiger partial charge in [-0.05, 0) is 79.8 Å². The largest absolute Gasteiger partial charge is 0.492 e. The van der Waals surface area contributed by atoms with Crippen LogP contribution < -0.4 is 0 Å². The van der Waals surface area contributed by atoms with Crippen LogP contribution in [0, 0.1) is 41.4 Å². The summed E-state index contributed by atoms with van der Waals surface area (Å²) < 4.78 is 17.9. The molecule has 0 aromatic heterocycles. The molecule has 8 rings (SSSR count). The van der Waals surface area contributed by atoms with E-state index in [-0.39, 0.29) is 41.2 Å². The minimum absolute atomic E-state index is 0.0647. The average molecular weight is 642 g/mol. The van der Waals surface area contributed by atoms with E-state index in [4.69, 9.17) is 14.2 Å². The fourth-order valence-corrected chi connectivity index (χ4v) is 11.2. The van der Waals surface area contributed by atoms with Crippen molar-refractivity contribution in [2.24, 2.45) is 41.4 Å². The Balaban J connectivity index is 1.16. The van der Waals surface area contributed by atoms with E-state index in [1.165, 1.54) is 38.4 Å². The van der Waals surface area contributed by atoms with Gasteiger partial charge in [0.2, 0.25) is 5.76 Å². The summed E-state index contributed by atoms with van der Waals surface area (Å²) in [6.07, 6.45) is 18.4. The number of esters is 1. The van der Waals surface area contributed by atoms with Crippen LogP contribution in [0.1, 0.15) is 82.6 Å². The first kappa shape index (κ1) is 31.4. The van der Waals surface area contributed by atoms with Crippen molar-refractivity contribution in [2.75, 3.05) is 20.3 Å². The van der Waals surface area contributed by atoms with Gasteiger partial charge < -0.3 is 24.4 Å². The molecule has 10 unspecified atom stereocenters. The van der Waals surface area contributed by atoms with E-state index in [0.29, 0.717) is 35.2 Å². The number of cyclic esters (lactones) is 1. The summed E-state index contributed by atoms with van der Waals surface area (Å²) in [6, 6.07) is 11.3. The maximum absolute atomic E-state index is 12.7. The zero-order chi connectivity index (χ0) is 32.2. The van der Waals surface area contributed by atoms with Crippen molar-refractivity contribution in [3.63, 3.8) is 0 Å². The fraction of sp³-hybridized carbons (Fsp3) is 0.625. The molecule has 7 nitrogen and oxygen atoms in total. The van der Waals surface area contributed by atoms with Gasteiger partial charge in [0.05, 0.1) is 19.8 Å². The van der Waals surface area contributed by atoms with Crippen molar-refractivity contribution in [2.45, 2.75) is 95.2 Å². The van der Waals surface area contributed by atoms with Crippen LogP contribution in [0.2, 0.25) is 0 Å². The smallest absolute Gasteiger partial charge is 0.345 e. The van der Waals surface area contributed by atoms with Gasteiger partial charge in [0.25, 0.3) is 0 Å². The van der Waals surface area contributed by atoms with E-state index < -0.39 is 18.7 Å². The molecule has 0 bridgehead atoms. The van der Waals surface area contributed by atoms with Gasteiger partial charge in [-0.1, -0.05) is 75.1 Å². The first-order valence-electron chi connectivity index (χ1n) is 18.4. The molecule has 0 spiro atoms. The quantitative estimate of drug-likeness (QED) is 0.267. The maximum atomic E-state index is 12.7. The van der Waals surface area contributed by atoms with Crippen LogP contribution in [0.25, 0.3) is 0 Å². The number of piperidine rings is 1. The highest BCUT2D eigenvalue weighted by molar-refractivity contribution is 5.94. The minimum atomic E-state index is -0.581. The number of allylic oxidation sites excluding steroid dienone is 2. The topological polar surface area (TPSA) is 88.5 Å². The second kappa shape index (κ2) is 12.9.